The Bertz CT molecular complexity index is 415. The lowest BCUT2D eigenvalue weighted by atomic mass is 10.0. The van der Waals surface area contributed by atoms with Crippen molar-refractivity contribution in [2.75, 3.05) is 13.1 Å². The van der Waals surface area contributed by atoms with Crippen LogP contribution in [0.4, 0.5) is 4.39 Å². The number of rotatable bonds is 3. The van der Waals surface area contributed by atoms with E-state index in [1.54, 1.807) is 12.1 Å². The first-order valence-corrected chi connectivity index (χ1v) is 5.86. The molecule has 1 amide bonds. The van der Waals surface area contributed by atoms with Crippen LogP contribution in [-0.2, 0) is 4.79 Å². The van der Waals surface area contributed by atoms with E-state index in [2.05, 4.69) is 4.98 Å². The van der Waals surface area contributed by atoms with Crippen molar-refractivity contribution in [1.82, 2.24) is 9.88 Å². The van der Waals surface area contributed by atoms with Gasteiger partial charge < -0.3 is 15.7 Å². The minimum absolute atomic E-state index is 0.0651. The predicted molar refractivity (Wildman–Crippen MR) is 63.3 cm³/mol. The molecule has 0 unspecified atom stereocenters. The average molecular weight is 253 g/mol. The quantitative estimate of drug-likeness (QED) is 0.795. The van der Waals surface area contributed by atoms with Gasteiger partial charge in [-0.3, -0.25) is 9.78 Å². The number of carbonyl (C=O) groups excluding carboxylic acids is 1. The number of nitrogens with two attached hydrogens (primary N) is 1. The molecule has 0 aromatic carbocycles. The summed E-state index contributed by atoms with van der Waals surface area (Å²) in [7, 11) is 0. The molecule has 0 radical (unpaired) electrons. The molecule has 1 saturated heterocycles. The van der Waals surface area contributed by atoms with Crippen LogP contribution < -0.4 is 5.73 Å². The zero-order valence-electron chi connectivity index (χ0n) is 9.87. The fourth-order valence-electron chi connectivity index (χ4n) is 2.03. The van der Waals surface area contributed by atoms with Crippen LogP contribution in [0.2, 0.25) is 0 Å². The second kappa shape index (κ2) is 5.41. The summed E-state index contributed by atoms with van der Waals surface area (Å²) in [6.45, 7) is 0.423. The zero-order valence-corrected chi connectivity index (χ0v) is 9.87. The average Bonchev–Trinajstić information content (AvgIpc) is 2.84. The van der Waals surface area contributed by atoms with Gasteiger partial charge in [0.15, 0.2) is 0 Å². The first-order valence-electron chi connectivity index (χ1n) is 5.86. The van der Waals surface area contributed by atoms with Crippen molar-refractivity contribution in [3.8, 4) is 0 Å². The molecule has 0 aliphatic carbocycles. The number of hydrogen-bond acceptors (Lipinski definition) is 4. The second-order valence-electron chi connectivity index (χ2n) is 4.42. The van der Waals surface area contributed by atoms with Crippen LogP contribution in [0.3, 0.4) is 0 Å². The number of amides is 1. The summed E-state index contributed by atoms with van der Waals surface area (Å²) in [6.07, 6.45) is 1.29. The molecule has 0 spiro atoms. The molecule has 1 aromatic rings. The number of nitrogens with zero attached hydrogens (tertiary/aromatic N) is 2. The van der Waals surface area contributed by atoms with Crippen molar-refractivity contribution in [2.24, 2.45) is 5.73 Å². The van der Waals surface area contributed by atoms with Gasteiger partial charge in [0.05, 0.1) is 6.54 Å². The Morgan fingerprint density at radius 3 is 2.78 bits per heavy atom. The van der Waals surface area contributed by atoms with E-state index in [1.165, 1.54) is 17.3 Å². The molecule has 1 fully saturated rings. The molecule has 2 heterocycles. The standard InChI is InChI=1S/C12H16FN3O2/c13-9-3-6-16(7-9)12(18)10(14)11(17)8-1-4-15-5-2-8/h1-2,4-5,9-11,17H,3,6-7,14H2/t9-,10-,11+/m0/s1. The Morgan fingerprint density at radius 1 is 1.56 bits per heavy atom. The Hall–Kier alpha value is -1.53. The number of alkyl halides is 1. The van der Waals surface area contributed by atoms with Gasteiger partial charge in [0.25, 0.3) is 0 Å². The van der Waals surface area contributed by atoms with E-state index in [-0.39, 0.29) is 6.54 Å². The number of halogens is 1. The summed E-state index contributed by atoms with van der Waals surface area (Å²) in [5, 5.41) is 9.99. The molecule has 0 bridgehead atoms. The lowest BCUT2D eigenvalue weighted by Crippen LogP contribution is -2.46. The van der Waals surface area contributed by atoms with Crippen molar-refractivity contribution in [1.29, 1.82) is 0 Å². The zero-order chi connectivity index (χ0) is 13.1. The van der Waals surface area contributed by atoms with Gasteiger partial charge in [-0.25, -0.2) is 4.39 Å². The number of aliphatic hydroxyl groups is 1. The minimum atomic E-state index is -1.10. The summed E-state index contributed by atoms with van der Waals surface area (Å²) in [5.41, 5.74) is 6.26. The van der Waals surface area contributed by atoms with E-state index in [4.69, 9.17) is 5.73 Å². The molecule has 18 heavy (non-hydrogen) atoms. The lowest BCUT2D eigenvalue weighted by molar-refractivity contribution is -0.134. The first kappa shape index (κ1) is 12.9. The Balaban J connectivity index is 2.02. The third-order valence-electron chi connectivity index (χ3n) is 3.12. The van der Waals surface area contributed by atoms with Gasteiger partial charge in [0.2, 0.25) is 5.91 Å². The van der Waals surface area contributed by atoms with Crippen molar-refractivity contribution in [3.05, 3.63) is 30.1 Å². The van der Waals surface area contributed by atoms with E-state index in [0.717, 1.165) is 0 Å². The number of pyridine rings is 1. The number of carbonyl (C=O) groups is 1. The van der Waals surface area contributed by atoms with Gasteiger partial charge in [-0.05, 0) is 24.1 Å². The molecule has 3 atom stereocenters. The van der Waals surface area contributed by atoms with Gasteiger partial charge in [0.1, 0.15) is 18.3 Å². The largest absolute Gasteiger partial charge is 0.386 e. The highest BCUT2D eigenvalue weighted by atomic mass is 19.1. The third kappa shape index (κ3) is 2.65. The van der Waals surface area contributed by atoms with Crippen LogP contribution in [0.25, 0.3) is 0 Å². The van der Waals surface area contributed by atoms with E-state index in [0.29, 0.717) is 18.5 Å². The molecule has 0 saturated carbocycles. The van der Waals surface area contributed by atoms with Crippen LogP contribution in [0.5, 0.6) is 0 Å². The van der Waals surface area contributed by atoms with Crippen molar-refractivity contribution in [3.63, 3.8) is 0 Å². The fraction of sp³-hybridized carbons (Fsp3) is 0.500. The molecular formula is C12H16FN3O2. The smallest absolute Gasteiger partial charge is 0.242 e. The fourth-order valence-corrected chi connectivity index (χ4v) is 2.03. The maximum Gasteiger partial charge on any atom is 0.242 e. The molecule has 98 valence electrons. The van der Waals surface area contributed by atoms with Crippen LogP contribution in [0.15, 0.2) is 24.5 Å². The molecule has 6 heteroatoms. The van der Waals surface area contributed by atoms with E-state index >= 15 is 0 Å². The highest BCUT2D eigenvalue weighted by Gasteiger charge is 2.32. The van der Waals surface area contributed by atoms with Crippen LogP contribution in [0.1, 0.15) is 18.1 Å². The first-order chi connectivity index (χ1) is 8.59. The highest BCUT2D eigenvalue weighted by Crippen LogP contribution is 2.19. The number of hydrogen-bond donors (Lipinski definition) is 2. The third-order valence-corrected chi connectivity index (χ3v) is 3.12. The molecule has 1 aliphatic rings. The van der Waals surface area contributed by atoms with E-state index in [9.17, 15) is 14.3 Å². The van der Waals surface area contributed by atoms with Gasteiger partial charge in [-0.1, -0.05) is 0 Å². The molecule has 5 nitrogen and oxygen atoms in total. The second-order valence-corrected chi connectivity index (χ2v) is 4.42. The summed E-state index contributed by atoms with van der Waals surface area (Å²) >= 11 is 0. The van der Waals surface area contributed by atoms with Crippen molar-refractivity contribution in [2.45, 2.75) is 24.7 Å². The number of aromatic nitrogens is 1. The van der Waals surface area contributed by atoms with Gasteiger partial charge in [-0.2, -0.15) is 0 Å². The van der Waals surface area contributed by atoms with E-state index in [1.807, 2.05) is 0 Å². The van der Waals surface area contributed by atoms with Crippen LogP contribution in [0, 0.1) is 0 Å². The monoisotopic (exact) mass is 253 g/mol. The molecule has 3 N–H and O–H groups in total. The maximum absolute atomic E-state index is 13.0. The topological polar surface area (TPSA) is 79.5 Å². The molecule has 2 rings (SSSR count). The number of likely N-dealkylation sites (tertiary alicyclic amines) is 1. The normalized spacial score (nSPS) is 22.8. The SMILES string of the molecule is N[C@H](C(=O)N1CC[C@H](F)C1)[C@H](O)c1ccncc1. The lowest BCUT2D eigenvalue weighted by Gasteiger charge is -2.23. The molecular weight excluding hydrogens is 237 g/mol. The summed E-state index contributed by atoms with van der Waals surface area (Å²) in [6, 6.07) is 2.12. The van der Waals surface area contributed by atoms with Crippen molar-refractivity contribution < 1.29 is 14.3 Å². The van der Waals surface area contributed by atoms with Crippen LogP contribution in [-0.4, -0.2) is 46.2 Å². The van der Waals surface area contributed by atoms with Gasteiger partial charge >= 0.3 is 0 Å². The maximum atomic E-state index is 13.0. The number of aliphatic hydroxyl groups excluding tert-OH is 1. The Labute approximate surface area is 104 Å². The molecule has 1 aromatic heterocycles. The minimum Gasteiger partial charge on any atom is -0.386 e. The Kier molecular flexibility index (Phi) is 3.88. The van der Waals surface area contributed by atoms with Crippen molar-refractivity contribution >= 4 is 5.91 Å². The Morgan fingerprint density at radius 2 is 2.22 bits per heavy atom. The summed E-state index contributed by atoms with van der Waals surface area (Å²) in [4.78, 5) is 17.1. The van der Waals surface area contributed by atoms with Gasteiger partial charge in [-0.15, -0.1) is 0 Å². The summed E-state index contributed by atoms with van der Waals surface area (Å²) in [5.74, 6) is -0.417. The van der Waals surface area contributed by atoms with E-state index < -0.39 is 24.2 Å². The van der Waals surface area contributed by atoms with Crippen LogP contribution >= 0.6 is 0 Å². The molecule has 1 aliphatic heterocycles. The predicted octanol–water partition coefficient (Wildman–Crippen LogP) is 0.0127. The highest BCUT2D eigenvalue weighted by molar-refractivity contribution is 5.82. The summed E-state index contributed by atoms with van der Waals surface area (Å²) < 4.78 is 13.0. The van der Waals surface area contributed by atoms with Gasteiger partial charge in [0, 0.05) is 18.9 Å².